The van der Waals surface area contributed by atoms with Crippen LogP contribution in [-0.2, 0) is 32.7 Å². The normalized spacial score (nSPS) is 13.6. The Bertz CT molecular complexity index is 1630. The minimum atomic E-state index is -4.66. The van der Waals surface area contributed by atoms with Crippen molar-refractivity contribution in [3.8, 4) is 0 Å². The van der Waals surface area contributed by atoms with E-state index < -0.39 is 32.5 Å². The minimum Gasteiger partial charge on any atom is -0.756 e. The molecule has 0 spiro atoms. The molecular weight excluding hydrogens is 1050 g/mol. The summed E-state index contributed by atoms with van der Waals surface area (Å²) in [6.07, 6.45) is 86.2. The number of unbranched alkanes of at least 4 members (excludes halogenated alkanes) is 39. The number of allylic oxidation sites excluding steroid dienone is 12. The molecule has 0 aromatic carbocycles. The summed E-state index contributed by atoms with van der Waals surface area (Å²) in [7, 11) is 1.12. The van der Waals surface area contributed by atoms with E-state index in [1.165, 1.54) is 238 Å². The van der Waals surface area contributed by atoms with Gasteiger partial charge in [0.05, 0.1) is 27.7 Å². The molecule has 0 fully saturated rings. The molecule has 0 radical (unpaired) electrons. The largest absolute Gasteiger partial charge is 0.756 e. The molecule has 0 aromatic rings. The van der Waals surface area contributed by atoms with Crippen molar-refractivity contribution < 1.29 is 42.1 Å². The summed E-state index contributed by atoms with van der Waals surface area (Å²) in [6, 6.07) is 0. The van der Waals surface area contributed by atoms with Crippen molar-refractivity contribution in [2.75, 3.05) is 47.5 Å². The van der Waals surface area contributed by atoms with Crippen molar-refractivity contribution >= 4 is 19.8 Å². The third-order valence-corrected chi connectivity index (χ3v) is 16.5. The van der Waals surface area contributed by atoms with E-state index in [2.05, 4.69) is 74.6 Å². The summed E-state index contributed by atoms with van der Waals surface area (Å²) in [5.41, 5.74) is 0. The second-order valence-corrected chi connectivity index (χ2v) is 26.3. The number of carbonyl (C=O) groups excluding carboxylic acids is 2. The average Bonchev–Trinajstić information content (AvgIpc) is 3.49. The highest BCUT2D eigenvalue weighted by Crippen LogP contribution is 2.38. The molecule has 0 saturated carbocycles. The second kappa shape index (κ2) is 63.9. The van der Waals surface area contributed by atoms with E-state index in [1.807, 2.05) is 33.3 Å². The van der Waals surface area contributed by atoms with E-state index in [9.17, 15) is 19.0 Å². The minimum absolute atomic E-state index is 0.0461. The van der Waals surface area contributed by atoms with E-state index in [-0.39, 0.29) is 26.1 Å². The Morgan fingerprint density at radius 2 is 0.687 bits per heavy atom. The van der Waals surface area contributed by atoms with Crippen LogP contribution in [-0.4, -0.2) is 70.0 Å². The van der Waals surface area contributed by atoms with Crippen LogP contribution in [0.2, 0.25) is 0 Å². The van der Waals surface area contributed by atoms with Gasteiger partial charge in [0.1, 0.15) is 19.8 Å². The van der Waals surface area contributed by atoms with Gasteiger partial charge in [0.2, 0.25) is 0 Å². The molecule has 9 nitrogen and oxygen atoms in total. The predicted molar refractivity (Wildman–Crippen MR) is 356 cm³/mol. The van der Waals surface area contributed by atoms with Crippen molar-refractivity contribution in [2.24, 2.45) is 0 Å². The molecule has 0 heterocycles. The van der Waals surface area contributed by atoms with Crippen LogP contribution >= 0.6 is 7.82 Å². The number of nitrogens with zero attached hydrogens (tertiary/aromatic N) is 1. The number of ether oxygens (including phenoxy) is 2. The topological polar surface area (TPSA) is 111 Å². The van der Waals surface area contributed by atoms with Crippen molar-refractivity contribution in [1.29, 1.82) is 0 Å². The van der Waals surface area contributed by atoms with E-state index >= 15 is 0 Å². The SMILES string of the molecule is CC/C=C\C/C=C\C/C=C\C/C=C\C/C=C\C/C=C\CCC(=O)OC(COC(=O)CCCCCCCCCCCCCCCCCCCCCCCCCCCCCCCCCCCCCCCCCC)COP(=O)([O-])OCC[N+](C)(C)C. The highest BCUT2D eigenvalue weighted by atomic mass is 31.2. The third-order valence-electron chi connectivity index (χ3n) is 15.5. The number of phosphoric acid groups is 1. The molecule has 0 aromatic heterocycles. The van der Waals surface area contributed by atoms with Gasteiger partial charge >= 0.3 is 11.9 Å². The average molecular weight is 1180 g/mol. The zero-order valence-corrected chi connectivity index (χ0v) is 56.0. The van der Waals surface area contributed by atoms with Crippen LogP contribution in [0.1, 0.15) is 328 Å². The van der Waals surface area contributed by atoms with Crippen molar-refractivity contribution in [3.63, 3.8) is 0 Å². The van der Waals surface area contributed by atoms with Crippen LogP contribution < -0.4 is 4.89 Å². The lowest BCUT2D eigenvalue weighted by molar-refractivity contribution is -0.870. The smallest absolute Gasteiger partial charge is 0.306 e. The van der Waals surface area contributed by atoms with Gasteiger partial charge in [-0.3, -0.25) is 14.2 Å². The van der Waals surface area contributed by atoms with Crippen LogP contribution in [0.15, 0.2) is 72.9 Å². The number of hydrogen-bond donors (Lipinski definition) is 0. The fraction of sp³-hybridized carbons (Fsp3) is 0.808. The molecule has 10 heteroatoms. The predicted octanol–water partition coefficient (Wildman–Crippen LogP) is 22.1. The summed E-state index contributed by atoms with van der Waals surface area (Å²) in [6.45, 7) is 4.07. The third kappa shape index (κ3) is 68.4. The molecule has 2 unspecified atom stereocenters. The van der Waals surface area contributed by atoms with Crippen LogP contribution in [0.25, 0.3) is 0 Å². The molecule has 0 bridgehead atoms. The number of phosphoric ester groups is 1. The first-order valence-electron chi connectivity index (χ1n) is 35.1. The monoisotopic (exact) mass is 1180 g/mol. The van der Waals surface area contributed by atoms with E-state index in [0.717, 1.165) is 57.8 Å². The maximum Gasteiger partial charge on any atom is 0.306 e. The lowest BCUT2D eigenvalue weighted by Crippen LogP contribution is -2.37. The van der Waals surface area contributed by atoms with Gasteiger partial charge in [0.15, 0.2) is 6.10 Å². The maximum atomic E-state index is 12.8. The summed E-state index contributed by atoms with van der Waals surface area (Å²) < 4.78 is 34.1. The van der Waals surface area contributed by atoms with Crippen molar-refractivity contribution in [2.45, 2.75) is 335 Å². The Balaban J connectivity index is 3.92. The van der Waals surface area contributed by atoms with E-state index in [4.69, 9.17) is 18.5 Å². The van der Waals surface area contributed by atoms with Gasteiger partial charge in [0, 0.05) is 12.8 Å². The van der Waals surface area contributed by atoms with Gasteiger partial charge < -0.3 is 27.9 Å². The van der Waals surface area contributed by atoms with Gasteiger partial charge in [-0.05, 0) is 51.4 Å². The highest BCUT2D eigenvalue weighted by Gasteiger charge is 2.22. The first-order chi connectivity index (χ1) is 40.5. The molecule has 0 aliphatic carbocycles. The van der Waals surface area contributed by atoms with Crippen LogP contribution in [0.4, 0.5) is 0 Å². The summed E-state index contributed by atoms with van der Waals surface area (Å²) >= 11 is 0. The van der Waals surface area contributed by atoms with Crippen molar-refractivity contribution in [3.05, 3.63) is 72.9 Å². The summed E-state index contributed by atoms with van der Waals surface area (Å²) in [4.78, 5) is 37.9. The number of quaternary nitrogens is 1. The number of esters is 2. The Morgan fingerprint density at radius 1 is 0.386 bits per heavy atom. The highest BCUT2D eigenvalue weighted by molar-refractivity contribution is 7.45. The van der Waals surface area contributed by atoms with Crippen LogP contribution in [0.5, 0.6) is 0 Å². The van der Waals surface area contributed by atoms with Crippen molar-refractivity contribution in [1.82, 2.24) is 0 Å². The quantitative estimate of drug-likeness (QED) is 0.0195. The lowest BCUT2D eigenvalue weighted by Gasteiger charge is -2.28. The molecule has 0 aliphatic rings. The van der Waals surface area contributed by atoms with Gasteiger partial charge in [-0.1, -0.05) is 337 Å². The van der Waals surface area contributed by atoms with Crippen LogP contribution in [0, 0.1) is 0 Å². The van der Waals surface area contributed by atoms with Gasteiger partial charge in [-0.2, -0.15) is 0 Å². The number of carbonyl (C=O) groups is 2. The molecule has 0 N–H and O–H groups in total. The zero-order valence-electron chi connectivity index (χ0n) is 55.1. The molecule has 0 rings (SSSR count). The molecule has 484 valence electrons. The molecule has 2 atom stereocenters. The fourth-order valence-electron chi connectivity index (χ4n) is 10.2. The van der Waals surface area contributed by atoms with Gasteiger partial charge in [-0.15, -0.1) is 0 Å². The van der Waals surface area contributed by atoms with E-state index in [1.54, 1.807) is 0 Å². The molecule has 0 amide bonds. The fourth-order valence-corrected chi connectivity index (χ4v) is 10.9. The number of hydrogen-bond acceptors (Lipinski definition) is 8. The molecule has 0 saturated heterocycles. The number of rotatable bonds is 65. The maximum absolute atomic E-state index is 12.8. The Labute approximate surface area is 514 Å². The lowest BCUT2D eigenvalue weighted by atomic mass is 10.0. The summed E-state index contributed by atoms with van der Waals surface area (Å²) in [5, 5.41) is 0. The molecule has 0 aliphatic heterocycles. The first-order valence-corrected chi connectivity index (χ1v) is 36.6. The zero-order chi connectivity index (χ0) is 60.5. The molecular formula is C73H134NO8P. The molecule has 83 heavy (non-hydrogen) atoms. The standard InChI is InChI=1S/C73H134NO8P/c1-6-8-10-12-14-16-18-20-22-24-26-27-28-29-30-31-32-33-34-35-36-37-38-39-40-41-42-43-44-45-46-48-49-51-53-55-57-59-61-63-65-72(75)79-69-71(70-81-83(77,78)80-68-67-74(3,4)5)82-73(76)66-64-62-60-58-56-54-52-50-47-25-23-21-19-17-15-13-11-9-7-2/h9,11,15,17,21,23,47,50,54,56,60,62,71H,6-8,10,12-14,16,18-20,22,24-46,48-49,51-53,55,57-59,61,63-70H2,1-5H3/b11-9-,17-15-,23-21-,50-47-,56-54-,62-60-. The summed E-state index contributed by atoms with van der Waals surface area (Å²) in [5.74, 6) is -0.923. The second-order valence-electron chi connectivity index (χ2n) is 24.9. The first kappa shape index (κ1) is 80.5. The van der Waals surface area contributed by atoms with Gasteiger partial charge in [-0.25, -0.2) is 0 Å². The Morgan fingerprint density at radius 3 is 1.00 bits per heavy atom. The van der Waals surface area contributed by atoms with E-state index in [0.29, 0.717) is 17.4 Å². The van der Waals surface area contributed by atoms with Gasteiger partial charge in [0.25, 0.3) is 7.82 Å². The Hall–Kier alpha value is -2.55. The Kier molecular flexibility index (Phi) is 62.0. The number of likely N-dealkylation sites (N-methyl/N-ethyl adjacent to an activating group) is 1. The van der Waals surface area contributed by atoms with Crippen LogP contribution in [0.3, 0.4) is 0 Å².